The number of amides is 1. The summed E-state index contributed by atoms with van der Waals surface area (Å²) in [6.45, 7) is 4.35. The van der Waals surface area contributed by atoms with Gasteiger partial charge in [-0.25, -0.2) is 4.39 Å². The zero-order valence-corrected chi connectivity index (χ0v) is 12.5. The van der Waals surface area contributed by atoms with Crippen LogP contribution in [0.5, 0.6) is 0 Å². The number of carbonyl (C=O) groups excluding carboxylic acids is 1. The van der Waals surface area contributed by atoms with Crippen molar-refractivity contribution in [1.82, 2.24) is 4.90 Å². The number of hydrogen-bond donors (Lipinski definition) is 0. The first-order chi connectivity index (χ1) is 10.7. The summed E-state index contributed by atoms with van der Waals surface area (Å²) in [5.41, 5.74) is 0.993. The molecule has 0 aromatic heterocycles. The average molecular weight is 308 g/mol. The summed E-state index contributed by atoms with van der Waals surface area (Å²) < 4.78 is 23.8. The predicted octanol–water partition coefficient (Wildman–Crippen LogP) is 1.28. The highest BCUT2D eigenvalue weighted by Gasteiger charge is 2.28. The molecule has 2 heterocycles. The van der Waals surface area contributed by atoms with E-state index >= 15 is 0 Å². The quantitative estimate of drug-likeness (QED) is 0.825. The number of halogens is 1. The first-order valence-electron chi connectivity index (χ1n) is 7.73. The molecule has 0 radical (unpaired) electrons. The lowest BCUT2D eigenvalue weighted by Gasteiger charge is -2.28. The van der Waals surface area contributed by atoms with E-state index in [0.29, 0.717) is 26.4 Å². The lowest BCUT2D eigenvalue weighted by Crippen LogP contribution is -2.46. The summed E-state index contributed by atoms with van der Waals surface area (Å²) in [4.78, 5) is 16.5. The Labute approximate surface area is 129 Å². The van der Waals surface area contributed by atoms with Gasteiger partial charge in [0, 0.05) is 31.9 Å². The van der Waals surface area contributed by atoms with Crippen LogP contribution < -0.4 is 4.90 Å². The molecule has 1 aromatic rings. The molecule has 1 unspecified atom stereocenters. The van der Waals surface area contributed by atoms with Crippen molar-refractivity contribution < 1.29 is 18.7 Å². The van der Waals surface area contributed by atoms with Crippen molar-refractivity contribution in [2.24, 2.45) is 0 Å². The minimum absolute atomic E-state index is 0.0145. The number of carbonyl (C=O) groups is 1. The third-order valence-electron chi connectivity index (χ3n) is 4.09. The summed E-state index contributed by atoms with van der Waals surface area (Å²) in [7, 11) is 0. The maximum Gasteiger partial charge on any atom is 0.254 e. The maximum absolute atomic E-state index is 13.0. The van der Waals surface area contributed by atoms with Crippen LogP contribution in [-0.4, -0.2) is 62.9 Å². The smallest absolute Gasteiger partial charge is 0.254 e. The molecule has 120 valence electrons. The first kappa shape index (κ1) is 15.2. The fraction of sp³-hybridized carbons (Fsp3) is 0.562. The fourth-order valence-corrected chi connectivity index (χ4v) is 2.88. The Morgan fingerprint density at radius 1 is 1.09 bits per heavy atom. The Morgan fingerprint density at radius 2 is 1.91 bits per heavy atom. The number of anilines is 1. The Balaban J connectivity index is 1.59. The molecule has 22 heavy (non-hydrogen) atoms. The van der Waals surface area contributed by atoms with E-state index in [0.717, 1.165) is 31.7 Å². The number of rotatable bonds is 2. The van der Waals surface area contributed by atoms with E-state index in [9.17, 15) is 9.18 Å². The molecule has 1 atom stereocenters. The molecule has 2 aliphatic heterocycles. The van der Waals surface area contributed by atoms with Crippen molar-refractivity contribution in [2.45, 2.75) is 12.5 Å². The summed E-state index contributed by atoms with van der Waals surface area (Å²) in [6, 6.07) is 6.50. The predicted molar refractivity (Wildman–Crippen MR) is 80.4 cm³/mol. The molecule has 0 aliphatic carbocycles. The van der Waals surface area contributed by atoms with Crippen LogP contribution in [0.4, 0.5) is 10.1 Å². The van der Waals surface area contributed by atoms with Gasteiger partial charge in [0.2, 0.25) is 0 Å². The number of ether oxygens (including phenoxy) is 2. The van der Waals surface area contributed by atoms with Gasteiger partial charge < -0.3 is 19.3 Å². The molecule has 0 saturated carbocycles. The highest BCUT2D eigenvalue weighted by atomic mass is 19.1. The van der Waals surface area contributed by atoms with Gasteiger partial charge in [-0.3, -0.25) is 4.79 Å². The van der Waals surface area contributed by atoms with E-state index < -0.39 is 6.10 Å². The zero-order valence-electron chi connectivity index (χ0n) is 12.5. The molecule has 2 saturated heterocycles. The summed E-state index contributed by atoms with van der Waals surface area (Å²) >= 11 is 0. The van der Waals surface area contributed by atoms with E-state index in [1.54, 1.807) is 12.1 Å². The average Bonchev–Trinajstić information content (AvgIpc) is 2.82. The molecule has 0 N–H and O–H groups in total. The van der Waals surface area contributed by atoms with E-state index in [-0.39, 0.29) is 11.7 Å². The molecule has 5 nitrogen and oxygen atoms in total. The van der Waals surface area contributed by atoms with Gasteiger partial charge in [0.1, 0.15) is 5.82 Å². The van der Waals surface area contributed by atoms with Crippen LogP contribution in [0.2, 0.25) is 0 Å². The standard InChI is InChI=1S/C16H21FN2O3/c17-13-2-4-14(5-3-13)18-6-1-7-19(9-8-18)16(20)15-12-21-10-11-22-15/h2-5,15H,1,6-12H2. The first-order valence-corrected chi connectivity index (χ1v) is 7.73. The van der Waals surface area contributed by atoms with Gasteiger partial charge in [0.25, 0.3) is 5.91 Å². The fourth-order valence-electron chi connectivity index (χ4n) is 2.88. The molecule has 1 aromatic carbocycles. The molecule has 3 rings (SSSR count). The van der Waals surface area contributed by atoms with Crippen LogP contribution in [0.15, 0.2) is 24.3 Å². The molecule has 2 fully saturated rings. The van der Waals surface area contributed by atoms with E-state index in [2.05, 4.69) is 4.90 Å². The Hall–Kier alpha value is -1.66. The van der Waals surface area contributed by atoms with Gasteiger partial charge in [0.15, 0.2) is 6.10 Å². The third-order valence-corrected chi connectivity index (χ3v) is 4.09. The Morgan fingerprint density at radius 3 is 2.64 bits per heavy atom. The molecule has 0 bridgehead atoms. The minimum Gasteiger partial charge on any atom is -0.376 e. The Kier molecular flexibility index (Phi) is 4.90. The van der Waals surface area contributed by atoms with Gasteiger partial charge in [-0.2, -0.15) is 0 Å². The highest BCUT2D eigenvalue weighted by Crippen LogP contribution is 2.18. The van der Waals surface area contributed by atoms with Crippen LogP contribution in [0.25, 0.3) is 0 Å². The minimum atomic E-state index is -0.467. The molecule has 2 aliphatic rings. The van der Waals surface area contributed by atoms with Crippen LogP contribution in [0, 0.1) is 5.82 Å². The molecular formula is C16H21FN2O3. The lowest BCUT2D eigenvalue weighted by atomic mass is 10.2. The molecular weight excluding hydrogens is 287 g/mol. The number of nitrogens with zero attached hydrogens (tertiary/aromatic N) is 2. The van der Waals surface area contributed by atoms with Crippen molar-refractivity contribution in [1.29, 1.82) is 0 Å². The van der Waals surface area contributed by atoms with Crippen LogP contribution in [-0.2, 0) is 14.3 Å². The lowest BCUT2D eigenvalue weighted by molar-refractivity contribution is -0.157. The van der Waals surface area contributed by atoms with Crippen LogP contribution >= 0.6 is 0 Å². The number of benzene rings is 1. The van der Waals surface area contributed by atoms with Gasteiger partial charge in [0.05, 0.1) is 19.8 Å². The normalized spacial score (nSPS) is 23.2. The zero-order chi connectivity index (χ0) is 15.4. The van der Waals surface area contributed by atoms with Crippen LogP contribution in [0.1, 0.15) is 6.42 Å². The second kappa shape index (κ2) is 7.07. The largest absolute Gasteiger partial charge is 0.376 e. The van der Waals surface area contributed by atoms with E-state index in [1.807, 2.05) is 4.90 Å². The summed E-state index contributed by atoms with van der Waals surface area (Å²) in [5.74, 6) is -0.217. The third kappa shape index (κ3) is 3.56. The number of hydrogen-bond acceptors (Lipinski definition) is 4. The van der Waals surface area contributed by atoms with Gasteiger partial charge in [-0.15, -0.1) is 0 Å². The second-order valence-corrected chi connectivity index (χ2v) is 5.58. The summed E-state index contributed by atoms with van der Waals surface area (Å²) in [6.07, 6.45) is 0.419. The van der Waals surface area contributed by atoms with E-state index in [1.165, 1.54) is 12.1 Å². The van der Waals surface area contributed by atoms with Gasteiger partial charge in [-0.05, 0) is 30.7 Å². The van der Waals surface area contributed by atoms with Crippen molar-refractivity contribution in [3.8, 4) is 0 Å². The second-order valence-electron chi connectivity index (χ2n) is 5.58. The van der Waals surface area contributed by atoms with Crippen molar-refractivity contribution in [2.75, 3.05) is 50.9 Å². The van der Waals surface area contributed by atoms with Crippen molar-refractivity contribution in [3.63, 3.8) is 0 Å². The van der Waals surface area contributed by atoms with Crippen molar-refractivity contribution >= 4 is 11.6 Å². The van der Waals surface area contributed by atoms with Gasteiger partial charge in [-0.1, -0.05) is 0 Å². The van der Waals surface area contributed by atoms with E-state index in [4.69, 9.17) is 9.47 Å². The molecule has 6 heteroatoms. The topological polar surface area (TPSA) is 42.0 Å². The molecule has 1 amide bonds. The SMILES string of the molecule is O=C(C1COCCO1)N1CCCN(c2ccc(F)cc2)CC1. The molecule has 0 spiro atoms. The Bertz CT molecular complexity index is 503. The van der Waals surface area contributed by atoms with Crippen LogP contribution in [0.3, 0.4) is 0 Å². The summed E-state index contributed by atoms with van der Waals surface area (Å²) in [5, 5.41) is 0. The maximum atomic E-state index is 13.0. The highest BCUT2D eigenvalue weighted by molar-refractivity contribution is 5.81. The van der Waals surface area contributed by atoms with Gasteiger partial charge >= 0.3 is 0 Å². The van der Waals surface area contributed by atoms with Crippen molar-refractivity contribution in [3.05, 3.63) is 30.1 Å². The monoisotopic (exact) mass is 308 g/mol.